The van der Waals surface area contributed by atoms with Crippen molar-refractivity contribution in [3.63, 3.8) is 0 Å². The number of hydrogen-bond acceptors (Lipinski definition) is 7. The number of nitrogens with zero attached hydrogens (tertiary/aromatic N) is 2. The number of amidine groups is 1. The highest BCUT2D eigenvalue weighted by atomic mass is 32.2. The average molecular weight is 555 g/mol. The van der Waals surface area contributed by atoms with Crippen molar-refractivity contribution in [2.24, 2.45) is 4.99 Å². The number of carbonyl (C=O) groups is 3. The summed E-state index contributed by atoms with van der Waals surface area (Å²) in [4.78, 5) is 45.4. The van der Waals surface area contributed by atoms with Crippen LogP contribution in [0.2, 0.25) is 0 Å². The van der Waals surface area contributed by atoms with E-state index in [1.54, 1.807) is 45.0 Å². The lowest BCUT2D eigenvalue weighted by Gasteiger charge is -2.25. The van der Waals surface area contributed by atoms with Gasteiger partial charge in [0, 0.05) is 29.6 Å². The van der Waals surface area contributed by atoms with Crippen molar-refractivity contribution in [2.75, 3.05) is 13.1 Å². The molecule has 2 atom stereocenters. The Balaban J connectivity index is 1.72. The van der Waals surface area contributed by atoms with Gasteiger partial charge >= 0.3 is 5.97 Å². The number of thioether (sulfide) groups is 2. The van der Waals surface area contributed by atoms with E-state index in [-0.39, 0.29) is 36.8 Å². The molecule has 202 valence electrons. The van der Waals surface area contributed by atoms with Gasteiger partial charge in [0.05, 0.1) is 12.0 Å². The fraction of sp³-hybridized carbons (Fsp3) is 0.393. The molecule has 10 heteroatoms. The maximum Gasteiger partial charge on any atom is 0.308 e. The molecule has 1 fully saturated rings. The summed E-state index contributed by atoms with van der Waals surface area (Å²) in [6, 6.07) is 16.8. The summed E-state index contributed by atoms with van der Waals surface area (Å²) in [6.07, 6.45) is 0.819. The number of hydrogen-bond donors (Lipinski definition) is 2. The van der Waals surface area contributed by atoms with Crippen molar-refractivity contribution < 1.29 is 19.1 Å². The molecule has 2 aromatic carbocycles. The maximum absolute atomic E-state index is 13.1. The first-order valence-corrected chi connectivity index (χ1v) is 14.2. The monoisotopic (exact) mass is 554 g/mol. The minimum atomic E-state index is -0.576. The van der Waals surface area contributed by atoms with Crippen molar-refractivity contribution in [2.45, 2.75) is 62.3 Å². The lowest BCUT2D eigenvalue weighted by Crippen LogP contribution is -2.43. The summed E-state index contributed by atoms with van der Waals surface area (Å²) in [7, 11) is 0. The molecular weight excluding hydrogens is 520 g/mol. The molecule has 0 radical (unpaired) electrons. The van der Waals surface area contributed by atoms with Crippen molar-refractivity contribution in [1.29, 1.82) is 5.41 Å². The van der Waals surface area contributed by atoms with E-state index in [1.807, 2.05) is 42.2 Å². The van der Waals surface area contributed by atoms with Crippen molar-refractivity contribution in [3.05, 3.63) is 65.7 Å². The first-order chi connectivity index (χ1) is 18.1. The van der Waals surface area contributed by atoms with Crippen LogP contribution in [0.1, 0.15) is 50.0 Å². The molecule has 2 aromatic rings. The molecule has 3 rings (SSSR count). The van der Waals surface area contributed by atoms with Crippen LogP contribution in [0.4, 0.5) is 0 Å². The van der Waals surface area contributed by atoms with Crippen LogP contribution in [-0.4, -0.2) is 63.4 Å². The van der Waals surface area contributed by atoms with Gasteiger partial charge in [0.2, 0.25) is 5.91 Å². The predicted octanol–water partition coefficient (Wildman–Crippen LogP) is 4.78. The molecule has 0 aliphatic carbocycles. The topological polar surface area (TPSA) is 112 Å². The number of aliphatic imine (C=N–C) groups is 1. The second-order valence-corrected chi connectivity index (χ2v) is 11.8. The minimum Gasteiger partial charge on any atom is -0.460 e. The molecule has 0 saturated carbocycles. The Hall–Kier alpha value is -3.11. The molecule has 1 aliphatic heterocycles. The quantitative estimate of drug-likeness (QED) is 0.188. The largest absolute Gasteiger partial charge is 0.460 e. The van der Waals surface area contributed by atoms with Gasteiger partial charge in [-0.1, -0.05) is 53.9 Å². The van der Waals surface area contributed by atoms with Crippen LogP contribution in [0, 0.1) is 5.41 Å². The van der Waals surface area contributed by atoms with Crippen LogP contribution in [0.5, 0.6) is 0 Å². The Morgan fingerprint density at radius 3 is 2.45 bits per heavy atom. The third-order valence-corrected chi connectivity index (χ3v) is 7.75. The Bertz CT molecular complexity index is 1160. The van der Waals surface area contributed by atoms with E-state index in [0.29, 0.717) is 17.3 Å². The van der Waals surface area contributed by atoms with Crippen LogP contribution in [0.15, 0.2) is 64.5 Å². The summed E-state index contributed by atoms with van der Waals surface area (Å²) in [5.74, 6) is -0.962. The average Bonchev–Trinajstić information content (AvgIpc) is 3.17. The van der Waals surface area contributed by atoms with E-state index in [1.165, 1.54) is 29.1 Å². The van der Waals surface area contributed by atoms with Gasteiger partial charge < -0.3 is 20.4 Å². The highest BCUT2D eigenvalue weighted by molar-refractivity contribution is 8.15. The molecule has 8 nitrogen and oxygen atoms in total. The zero-order valence-electron chi connectivity index (χ0n) is 22.1. The normalized spacial score (nSPS) is 18.3. The van der Waals surface area contributed by atoms with Crippen molar-refractivity contribution in [1.82, 2.24) is 10.2 Å². The van der Waals surface area contributed by atoms with E-state index in [4.69, 9.17) is 10.1 Å². The van der Waals surface area contributed by atoms with Gasteiger partial charge in [-0.05, 0) is 63.9 Å². The molecule has 0 spiro atoms. The van der Waals surface area contributed by atoms with E-state index in [9.17, 15) is 14.4 Å². The third-order valence-electron chi connectivity index (χ3n) is 5.69. The summed E-state index contributed by atoms with van der Waals surface area (Å²) < 4.78 is 5.31. The minimum absolute atomic E-state index is 0.0815. The second kappa shape index (κ2) is 13.6. The Morgan fingerprint density at radius 2 is 1.82 bits per heavy atom. The summed E-state index contributed by atoms with van der Waals surface area (Å²) in [6.45, 7) is 8.13. The van der Waals surface area contributed by atoms with E-state index in [0.717, 1.165) is 16.9 Å². The summed E-state index contributed by atoms with van der Waals surface area (Å²) in [5, 5.41) is 10.1. The standard InChI is InChI=1S/C28H34N4O4S2/c1-19-24(26(35)30-16-14-23(33)36-28(2,3)4)38-27(32(19)17-15-20-8-6-5-7-9-20)31-25(34)21-10-12-22(13-11-21)37-18-29/h5-13,18-19,24,29H,14-17H2,1-4H3,(H,30,35). The lowest BCUT2D eigenvalue weighted by molar-refractivity contribution is -0.154. The van der Waals surface area contributed by atoms with Gasteiger partial charge in [-0.2, -0.15) is 4.99 Å². The predicted molar refractivity (Wildman–Crippen MR) is 154 cm³/mol. The van der Waals surface area contributed by atoms with Gasteiger partial charge in [0.15, 0.2) is 5.17 Å². The number of amides is 2. The van der Waals surface area contributed by atoms with Gasteiger partial charge in [-0.25, -0.2) is 0 Å². The molecule has 0 aromatic heterocycles. The number of carbonyl (C=O) groups excluding carboxylic acids is 3. The van der Waals surface area contributed by atoms with Gasteiger partial charge in [0.1, 0.15) is 10.9 Å². The van der Waals surface area contributed by atoms with Crippen LogP contribution in [-0.2, 0) is 20.7 Å². The number of benzene rings is 2. The van der Waals surface area contributed by atoms with Crippen LogP contribution < -0.4 is 5.32 Å². The smallest absolute Gasteiger partial charge is 0.308 e. The molecule has 1 heterocycles. The SMILES string of the molecule is CC1C(C(=O)NCCC(=O)OC(C)(C)C)SC(=NC(=O)c2ccc(SC=N)cc2)N1CCc1ccccc1. The Morgan fingerprint density at radius 1 is 1.13 bits per heavy atom. The van der Waals surface area contributed by atoms with Gasteiger partial charge in [-0.3, -0.25) is 14.4 Å². The Kier molecular flexibility index (Phi) is 10.6. The first-order valence-electron chi connectivity index (χ1n) is 12.4. The van der Waals surface area contributed by atoms with Crippen molar-refractivity contribution in [3.8, 4) is 0 Å². The molecule has 2 amide bonds. The fourth-order valence-electron chi connectivity index (χ4n) is 3.85. The van der Waals surface area contributed by atoms with E-state index < -0.39 is 10.9 Å². The summed E-state index contributed by atoms with van der Waals surface area (Å²) in [5.41, 5.74) is 2.25. The molecule has 2 unspecified atom stereocenters. The van der Waals surface area contributed by atoms with Crippen molar-refractivity contribution >= 4 is 52.0 Å². The molecular formula is C28H34N4O4S2. The third kappa shape index (κ3) is 8.73. The highest BCUT2D eigenvalue weighted by Crippen LogP contribution is 2.32. The molecule has 1 saturated heterocycles. The molecule has 2 N–H and O–H groups in total. The Labute approximate surface area is 232 Å². The van der Waals surface area contributed by atoms with E-state index >= 15 is 0 Å². The molecule has 1 aliphatic rings. The number of nitrogens with one attached hydrogen (secondary N) is 2. The number of ether oxygens (including phenoxy) is 1. The van der Waals surface area contributed by atoms with E-state index in [2.05, 4.69) is 10.3 Å². The highest BCUT2D eigenvalue weighted by Gasteiger charge is 2.40. The van der Waals surface area contributed by atoms with Crippen LogP contribution in [0.3, 0.4) is 0 Å². The van der Waals surface area contributed by atoms with Gasteiger partial charge in [-0.15, -0.1) is 0 Å². The molecule has 38 heavy (non-hydrogen) atoms. The first kappa shape index (κ1) is 29.4. The fourth-order valence-corrected chi connectivity index (χ4v) is 5.57. The number of esters is 1. The lowest BCUT2D eigenvalue weighted by atomic mass is 10.1. The zero-order valence-corrected chi connectivity index (χ0v) is 23.7. The summed E-state index contributed by atoms with van der Waals surface area (Å²) >= 11 is 2.52. The van der Waals surface area contributed by atoms with Crippen LogP contribution >= 0.6 is 23.5 Å². The molecule has 0 bridgehead atoms. The second-order valence-electron chi connectivity index (χ2n) is 9.80. The van der Waals surface area contributed by atoms with Crippen LogP contribution in [0.25, 0.3) is 0 Å². The number of rotatable bonds is 10. The maximum atomic E-state index is 13.1. The van der Waals surface area contributed by atoms with Gasteiger partial charge in [0.25, 0.3) is 5.91 Å². The zero-order chi connectivity index (χ0) is 27.7.